The van der Waals surface area contributed by atoms with Crippen LogP contribution >= 0.6 is 0 Å². The number of nitrogens with zero attached hydrogens (tertiary/aromatic N) is 3. The van der Waals surface area contributed by atoms with Crippen LogP contribution in [0.5, 0.6) is 0 Å². The first kappa shape index (κ1) is 20.3. The summed E-state index contributed by atoms with van der Waals surface area (Å²) in [7, 11) is -2.09. The van der Waals surface area contributed by atoms with Gasteiger partial charge in [-0.2, -0.15) is 8.42 Å². The summed E-state index contributed by atoms with van der Waals surface area (Å²) in [6.07, 6.45) is 4.67. The third-order valence-electron chi connectivity index (χ3n) is 4.97. The van der Waals surface area contributed by atoms with Crippen molar-refractivity contribution in [1.29, 1.82) is 0 Å². The van der Waals surface area contributed by atoms with Gasteiger partial charge >= 0.3 is 0 Å². The van der Waals surface area contributed by atoms with Gasteiger partial charge in [0.25, 0.3) is 10.0 Å². The molecule has 0 radical (unpaired) electrons. The summed E-state index contributed by atoms with van der Waals surface area (Å²) < 4.78 is 28.0. The fourth-order valence-electron chi connectivity index (χ4n) is 3.50. The first-order valence-corrected chi connectivity index (χ1v) is 11.0. The number of carbonyl (C=O) groups excluding carboxylic acids is 2. The van der Waals surface area contributed by atoms with Crippen LogP contribution in [0.3, 0.4) is 0 Å². The van der Waals surface area contributed by atoms with Crippen LogP contribution in [-0.2, 0) is 19.6 Å². The molecule has 0 aliphatic carbocycles. The van der Waals surface area contributed by atoms with Crippen molar-refractivity contribution in [1.82, 2.24) is 15.1 Å². The minimum Gasteiger partial charge on any atom is -0.354 e. The smallest absolute Gasteiger partial charge is 0.285 e. The average molecular weight is 407 g/mol. The Balaban J connectivity index is 1.49. The summed E-state index contributed by atoms with van der Waals surface area (Å²) in [5, 5.41) is 2.73. The highest BCUT2D eigenvalue weighted by molar-refractivity contribution is 7.90. The normalized spacial score (nSPS) is 18.0. The van der Waals surface area contributed by atoms with Crippen LogP contribution in [0, 0.1) is 0 Å². The summed E-state index contributed by atoms with van der Waals surface area (Å²) >= 11 is 0. The van der Waals surface area contributed by atoms with Crippen molar-refractivity contribution in [3.8, 4) is 0 Å². The predicted molar refractivity (Wildman–Crippen MR) is 105 cm³/mol. The molecule has 152 valence electrons. The Morgan fingerprint density at radius 2 is 1.82 bits per heavy atom. The number of carbonyl (C=O) groups is 2. The van der Waals surface area contributed by atoms with E-state index >= 15 is 0 Å². The lowest BCUT2D eigenvalue weighted by Gasteiger charge is -2.21. The van der Waals surface area contributed by atoms with E-state index in [1.54, 1.807) is 25.2 Å². The third-order valence-corrected chi connectivity index (χ3v) is 6.30. The van der Waals surface area contributed by atoms with E-state index in [1.807, 2.05) is 4.90 Å². The lowest BCUT2D eigenvalue weighted by Crippen LogP contribution is -2.40. The molecule has 1 aromatic carbocycles. The van der Waals surface area contributed by atoms with Crippen LogP contribution < -0.4 is 5.32 Å². The second-order valence-electron chi connectivity index (χ2n) is 7.14. The van der Waals surface area contributed by atoms with E-state index in [4.69, 9.17) is 0 Å². The van der Waals surface area contributed by atoms with Crippen molar-refractivity contribution in [2.75, 3.05) is 33.2 Å². The number of hydrogen-bond donors (Lipinski definition) is 1. The van der Waals surface area contributed by atoms with Crippen LogP contribution in [0.2, 0.25) is 0 Å². The lowest BCUT2D eigenvalue weighted by molar-refractivity contribution is -0.131. The quantitative estimate of drug-likeness (QED) is 0.786. The van der Waals surface area contributed by atoms with Crippen LogP contribution in [0.4, 0.5) is 0 Å². The van der Waals surface area contributed by atoms with E-state index in [-0.39, 0.29) is 42.1 Å². The second-order valence-corrected chi connectivity index (χ2v) is 8.71. The van der Waals surface area contributed by atoms with Crippen molar-refractivity contribution in [2.45, 2.75) is 37.0 Å². The minimum absolute atomic E-state index is 0.0411. The zero-order valence-electron chi connectivity index (χ0n) is 16.1. The summed E-state index contributed by atoms with van der Waals surface area (Å²) in [5.41, 5.74) is 0.495. The molecule has 2 heterocycles. The number of hydrogen-bond acceptors (Lipinski definition) is 5. The van der Waals surface area contributed by atoms with Gasteiger partial charge in [0.2, 0.25) is 11.8 Å². The maximum atomic E-state index is 12.3. The molecule has 0 unspecified atom stereocenters. The number of amides is 2. The zero-order chi connectivity index (χ0) is 20.1. The monoisotopic (exact) mass is 406 g/mol. The Kier molecular flexibility index (Phi) is 6.33. The van der Waals surface area contributed by atoms with E-state index in [9.17, 15) is 18.0 Å². The first-order chi connectivity index (χ1) is 13.4. The molecular formula is C19H26N4O4S. The van der Waals surface area contributed by atoms with Gasteiger partial charge in [-0.3, -0.25) is 9.59 Å². The summed E-state index contributed by atoms with van der Waals surface area (Å²) in [6.45, 7) is 1.82. The second kappa shape index (κ2) is 8.72. The van der Waals surface area contributed by atoms with Gasteiger partial charge in [0.15, 0.2) is 5.84 Å². The maximum Gasteiger partial charge on any atom is 0.285 e. The fourth-order valence-corrected chi connectivity index (χ4v) is 4.75. The van der Waals surface area contributed by atoms with Gasteiger partial charge in [0.1, 0.15) is 4.90 Å². The Hall–Kier alpha value is -2.42. The molecule has 1 saturated heterocycles. The highest BCUT2D eigenvalue weighted by Gasteiger charge is 2.30. The van der Waals surface area contributed by atoms with E-state index in [0.717, 1.165) is 38.8 Å². The molecule has 0 saturated carbocycles. The molecule has 9 heteroatoms. The molecule has 28 heavy (non-hydrogen) atoms. The van der Waals surface area contributed by atoms with E-state index in [2.05, 4.69) is 9.71 Å². The molecule has 1 fully saturated rings. The van der Waals surface area contributed by atoms with E-state index in [0.29, 0.717) is 5.56 Å². The SMILES string of the molecule is CN(CC(=O)NCCC(=O)N1CCCCCC1)C1=NS(=O)(=O)c2ccccc21. The van der Waals surface area contributed by atoms with E-state index in [1.165, 1.54) is 11.0 Å². The Labute approximate surface area is 165 Å². The van der Waals surface area contributed by atoms with Crippen molar-refractivity contribution < 1.29 is 18.0 Å². The Morgan fingerprint density at radius 1 is 1.14 bits per heavy atom. The van der Waals surface area contributed by atoms with Crippen LogP contribution in [0.25, 0.3) is 0 Å². The Morgan fingerprint density at radius 3 is 2.54 bits per heavy atom. The van der Waals surface area contributed by atoms with Gasteiger partial charge in [-0.15, -0.1) is 4.40 Å². The number of amidine groups is 1. The van der Waals surface area contributed by atoms with Gasteiger partial charge in [0.05, 0.1) is 6.54 Å². The maximum absolute atomic E-state index is 12.3. The topological polar surface area (TPSA) is 99.2 Å². The van der Waals surface area contributed by atoms with Crippen molar-refractivity contribution in [2.24, 2.45) is 4.40 Å². The zero-order valence-corrected chi connectivity index (χ0v) is 16.9. The van der Waals surface area contributed by atoms with Gasteiger partial charge < -0.3 is 15.1 Å². The number of likely N-dealkylation sites (N-methyl/N-ethyl adjacent to an activating group) is 1. The van der Waals surface area contributed by atoms with Crippen molar-refractivity contribution >= 4 is 27.7 Å². The van der Waals surface area contributed by atoms with Gasteiger partial charge in [0, 0.05) is 38.7 Å². The number of sulfonamides is 1. The molecule has 2 amide bonds. The molecular weight excluding hydrogens is 380 g/mol. The van der Waals surface area contributed by atoms with Gasteiger partial charge in [-0.25, -0.2) is 0 Å². The van der Waals surface area contributed by atoms with Crippen molar-refractivity contribution in [3.63, 3.8) is 0 Å². The number of nitrogens with one attached hydrogen (secondary N) is 1. The molecule has 0 aromatic heterocycles. The predicted octanol–water partition coefficient (Wildman–Crippen LogP) is 0.976. The number of benzene rings is 1. The standard InChI is InChI=1S/C19H26N4O4S/c1-22(19-15-8-4-5-9-16(15)28(26,27)21-19)14-17(24)20-11-10-18(25)23-12-6-2-3-7-13-23/h4-5,8-9H,2-3,6-7,10-14H2,1H3,(H,20,24). The van der Waals surface area contributed by atoms with Crippen LogP contribution in [0.1, 0.15) is 37.7 Å². The largest absolute Gasteiger partial charge is 0.354 e. The lowest BCUT2D eigenvalue weighted by atomic mass is 10.2. The molecule has 8 nitrogen and oxygen atoms in total. The summed E-state index contributed by atoms with van der Waals surface area (Å²) in [6, 6.07) is 6.55. The van der Waals surface area contributed by atoms with Crippen molar-refractivity contribution in [3.05, 3.63) is 29.8 Å². The van der Waals surface area contributed by atoms with Gasteiger partial charge in [-0.05, 0) is 25.0 Å². The number of likely N-dealkylation sites (tertiary alicyclic amines) is 1. The molecule has 1 N–H and O–H groups in total. The molecule has 1 aromatic rings. The third kappa shape index (κ3) is 4.70. The highest BCUT2D eigenvalue weighted by atomic mass is 32.2. The molecule has 0 bridgehead atoms. The van der Waals surface area contributed by atoms with Crippen LogP contribution in [0.15, 0.2) is 33.6 Å². The average Bonchev–Trinajstić information content (AvgIpc) is 2.83. The number of rotatable bonds is 5. The first-order valence-electron chi connectivity index (χ1n) is 9.58. The summed E-state index contributed by atoms with van der Waals surface area (Å²) in [5.74, 6) is 0.0396. The number of fused-ring (bicyclic) bond motifs is 1. The fraction of sp³-hybridized carbons (Fsp3) is 0.526. The molecule has 2 aliphatic rings. The molecule has 2 aliphatic heterocycles. The highest BCUT2D eigenvalue weighted by Crippen LogP contribution is 2.26. The van der Waals surface area contributed by atoms with E-state index < -0.39 is 10.0 Å². The summed E-state index contributed by atoms with van der Waals surface area (Å²) in [4.78, 5) is 28.0. The molecule has 0 spiro atoms. The minimum atomic E-state index is -3.71. The molecule has 0 atom stereocenters. The molecule has 3 rings (SSSR count). The Bertz CT molecular complexity index is 874. The van der Waals surface area contributed by atoms with Gasteiger partial charge in [-0.1, -0.05) is 25.0 Å². The van der Waals surface area contributed by atoms with Crippen LogP contribution in [-0.4, -0.2) is 69.1 Å².